The minimum Gasteiger partial charge on any atom is -0.493 e. The summed E-state index contributed by atoms with van der Waals surface area (Å²) < 4.78 is 26.1. The molecule has 2 aliphatic rings. The Balaban J connectivity index is 1.34. The van der Waals surface area contributed by atoms with E-state index >= 15 is 0 Å². The molecule has 0 bridgehead atoms. The molecule has 188 valence electrons. The first-order valence-corrected chi connectivity index (χ1v) is 12.7. The van der Waals surface area contributed by atoms with E-state index in [9.17, 15) is 9.18 Å². The third-order valence-corrected chi connectivity index (χ3v) is 7.03. The second-order valence-electron chi connectivity index (χ2n) is 9.21. The molecule has 3 heterocycles. The highest BCUT2D eigenvalue weighted by molar-refractivity contribution is 6.30. The van der Waals surface area contributed by atoms with Gasteiger partial charge in [-0.2, -0.15) is 0 Å². The number of hydrogen-bond donors (Lipinski definition) is 2. The fraction of sp³-hybridized carbons (Fsp3) is 0.357. The van der Waals surface area contributed by atoms with Crippen molar-refractivity contribution in [2.75, 3.05) is 31.6 Å². The molecule has 0 unspecified atom stereocenters. The molecule has 5 rings (SSSR count). The molecule has 0 spiro atoms. The number of nitrogens with zero attached hydrogens (tertiary/aromatic N) is 1. The van der Waals surface area contributed by atoms with E-state index in [1.165, 1.54) is 12.4 Å². The SMILES string of the molecule is O=C(C[C@@H](c1ccc(Cl)cc1)c1ccc2c(c1)CCO2)Nc1cncc(F)c1CC[C@@H]1CNCCO1. The molecule has 2 aliphatic heterocycles. The number of pyridine rings is 1. The molecule has 0 radical (unpaired) electrons. The zero-order valence-electron chi connectivity index (χ0n) is 19.9. The number of benzene rings is 2. The summed E-state index contributed by atoms with van der Waals surface area (Å²) in [6, 6.07) is 13.6. The normalized spacial score (nSPS) is 17.8. The van der Waals surface area contributed by atoms with Crippen molar-refractivity contribution >= 4 is 23.2 Å². The number of morpholine rings is 1. The molecule has 1 saturated heterocycles. The number of fused-ring (bicyclic) bond motifs is 1. The van der Waals surface area contributed by atoms with Gasteiger partial charge in [0.2, 0.25) is 5.91 Å². The van der Waals surface area contributed by atoms with Crippen LogP contribution in [0.15, 0.2) is 54.9 Å². The van der Waals surface area contributed by atoms with E-state index in [1.807, 2.05) is 36.4 Å². The number of hydrogen-bond acceptors (Lipinski definition) is 5. The average molecular weight is 510 g/mol. The predicted octanol–water partition coefficient (Wildman–Crippen LogP) is 4.89. The monoisotopic (exact) mass is 509 g/mol. The zero-order valence-corrected chi connectivity index (χ0v) is 20.7. The average Bonchev–Trinajstić information content (AvgIpc) is 3.36. The van der Waals surface area contributed by atoms with E-state index in [4.69, 9.17) is 21.1 Å². The van der Waals surface area contributed by atoms with Crippen LogP contribution in [0.25, 0.3) is 0 Å². The maximum atomic E-state index is 14.7. The summed E-state index contributed by atoms with van der Waals surface area (Å²) in [6.07, 6.45) is 4.86. The second kappa shape index (κ2) is 11.4. The first-order chi connectivity index (χ1) is 17.6. The summed E-state index contributed by atoms with van der Waals surface area (Å²) in [7, 11) is 0. The third kappa shape index (κ3) is 5.86. The smallest absolute Gasteiger partial charge is 0.225 e. The van der Waals surface area contributed by atoms with Gasteiger partial charge in [-0.15, -0.1) is 0 Å². The first-order valence-electron chi connectivity index (χ1n) is 12.3. The van der Waals surface area contributed by atoms with Gasteiger partial charge in [0.1, 0.15) is 11.6 Å². The van der Waals surface area contributed by atoms with Crippen LogP contribution >= 0.6 is 11.6 Å². The maximum Gasteiger partial charge on any atom is 0.225 e. The van der Waals surface area contributed by atoms with Crippen LogP contribution in [0.5, 0.6) is 5.75 Å². The van der Waals surface area contributed by atoms with Gasteiger partial charge in [0.15, 0.2) is 0 Å². The summed E-state index contributed by atoms with van der Waals surface area (Å²) in [6.45, 7) is 2.88. The Morgan fingerprint density at radius 3 is 2.81 bits per heavy atom. The van der Waals surface area contributed by atoms with Crippen molar-refractivity contribution in [2.45, 2.75) is 37.7 Å². The molecule has 36 heavy (non-hydrogen) atoms. The van der Waals surface area contributed by atoms with Crippen LogP contribution in [0.1, 0.15) is 41.0 Å². The second-order valence-corrected chi connectivity index (χ2v) is 9.64. The van der Waals surface area contributed by atoms with Gasteiger partial charge in [-0.25, -0.2) is 4.39 Å². The van der Waals surface area contributed by atoms with Crippen LogP contribution in [0, 0.1) is 5.82 Å². The van der Waals surface area contributed by atoms with Crippen molar-refractivity contribution in [1.82, 2.24) is 10.3 Å². The van der Waals surface area contributed by atoms with Crippen molar-refractivity contribution in [3.63, 3.8) is 0 Å². The van der Waals surface area contributed by atoms with Gasteiger partial charge in [-0.1, -0.05) is 35.9 Å². The topological polar surface area (TPSA) is 72.5 Å². The Kier molecular flexibility index (Phi) is 7.80. The number of carbonyl (C=O) groups excluding carboxylic acids is 1. The molecule has 1 fully saturated rings. The van der Waals surface area contributed by atoms with Crippen LogP contribution < -0.4 is 15.4 Å². The number of halogens is 2. The minimum absolute atomic E-state index is 0.0212. The molecule has 2 aromatic carbocycles. The maximum absolute atomic E-state index is 14.7. The predicted molar refractivity (Wildman–Crippen MR) is 137 cm³/mol. The molecular weight excluding hydrogens is 481 g/mol. The Hall–Kier alpha value is -3.00. The highest BCUT2D eigenvalue weighted by Crippen LogP contribution is 2.34. The summed E-state index contributed by atoms with van der Waals surface area (Å²) in [5, 5.41) is 6.85. The Morgan fingerprint density at radius 1 is 1.17 bits per heavy atom. The Morgan fingerprint density at radius 2 is 2.00 bits per heavy atom. The third-order valence-electron chi connectivity index (χ3n) is 6.78. The van der Waals surface area contributed by atoms with Gasteiger partial charge in [-0.3, -0.25) is 9.78 Å². The van der Waals surface area contributed by atoms with Gasteiger partial charge in [0.25, 0.3) is 0 Å². The van der Waals surface area contributed by atoms with Gasteiger partial charge >= 0.3 is 0 Å². The van der Waals surface area contributed by atoms with Gasteiger partial charge in [-0.05, 0) is 47.7 Å². The Labute approximate surface area is 215 Å². The number of nitrogens with one attached hydrogen (secondary N) is 2. The number of aromatic nitrogens is 1. The van der Waals surface area contributed by atoms with E-state index < -0.39 is 5.82 Å². The number of anilines is 1. The molecule has 0 saturated carbocycles. The fourth-order valence-electron chi connectivity index (χ4n) is 4.87. The highest BCUT2D eigenvalue weighted by Gasteiger charge is 2.23. The van der Waals surface area contributed by atoms with E-state index in [0.717, 1.165) is 42.0 Å². The minimum atomic E-state index is -0.426. The molecule has 6 nitrogen and oxygen atoms in total. The van der Waals surface area contributed by atoms with E-state index in [1.54, 1.807) is 0 Å². The molecule has 3 aromatic rings. The van der Waals surface area contributed by atoms with Gasteiger partial charge < -0.3 is 20.1 Å². The number of amides is 1. The van der Waals surface area contributed by atoms with E-state index in [0.29, 0.717) is 42.3 Å². The molecular formula is C28H29ClFN3O3. The van der Waals surface area contributed by atoms with Crippen LogP contribution in [0.4, 0.5) is 10.1 Å². The van der Waals surface area contributed by atoms with Crippen LogP contribution in [-0.2, 0) is 22.4 Å². The largest absolute Gasteiger partial charge is 0.493 e. The number of ether oxygens (including phenoxy) is 2. The van der Waals surface area contributed by atoms with Crippen molar-refractivity contribution in [3.05, 3.63) is 88.0 Å². The lowest BCUT2D eigenvalue weighted by Crippen LogP contribution is -2.38. The van der Waals surface area contributed by atoms with Crippen LogP contribution in [0.3, 0.4) is 0 Å². The van der Waals surface area contributed by atoms with Crippen molar-refractivity contribution in [2.24, 2.45) is 0 Å². The lowest BCUT2D eigenvalue weighted by Gasteiger charge is -2.24. The summed E-state index contributed by atoms with van der Waals surface area (Å²) in [4.78, 5) is 17.3. The first kappa shape index (κ1) is 24.7. The molecule has 8 heteroatoms. The van der Waals surface area contributed by atoms with E-state index in [2.05, 4.69) is 21.7 Å². The fourth-order valence-corrected chi connectivity index (χ4v) is 4.99. The standard InChI is InChI=1S/C28H29ClFN3O3/c29-21-4-1-18(2-5-21)24(19-3-8-27-20(13-19)9-11-36-27)14-28(34)33-26-17-32-16-25(30)23(26)7-6-22-15-31-10-12-35-22/h1-5,8,13,16-17,22,24,31H,6-7,9-12,14-15H2,(H,33,34)/t22-,24+/m1/s1. The van der Waals surface area contributed by atoms with Crippen LogP contribution in [-0.4, -0.2) is 43.3 Å². The molecule has 0 aliphatic carbocycles. The Bertz CT molecular complexity index is 1220. The number of rotatable bonds is 8. The van der Waals surface area contributed by atoms with Crippen LogP contribution in [0.2, 0.25) is 5.02 Å². The molecule has 2 N–H and O–H groups in total. The molecule has 2 atom stereocenters. The summed E-state index contributed by atoms with van der Waals surface area (Å²) >= 11 is 6.12. The molecule has 1 aromatic heterocycles. The summed E-state index contributed by atoms with van der Waals surface area (Å²) in [5.41, 5.74) is 4.00. The summed E-state index contributed by atoms with van der Waals surface area (Å²) in [5.74, 6) is 0.0610. The number of carbonyl (C=O) groups is 1. The lowest BCUT2D eigenvalue weighted by atomic mass is 9.87. The van der Waals surface area contributed by atoms with Crippen molar-refractivity contribution in [3.8, 4) is 5.75 Å². The van der Waals surface area contributed by atoms with Crippen molar-refractivity contribution < 1.29 is 18.7 Å². The lowest BCUT2D eigenvalue weighted by molar-refractivity contribution is -0.116. The highest BCUT2D eigenvalue weighted by atomic mass is 35.5. The molecule has 1 amide bonds. The quantitative estimate of drug-likeness (QED) is 0.452. The zero-order chi connectivity index (χ0) is 24.9. The van der Waals surface area contributed by atoms with Gasteiger partial charge in [0, 0.05) is 42.4 Å². The van der Waals surface area contributed by atoms with E-state index in [-0.39, 0.29) is 24.3 Å². The van der Waals surface area contributed by atoms with Crippen molar-refractivity contribution in [1.29, 1.82) is 0 Å². The van der Waals surface area contributed by atoms with Gasteiger partial charge in [0.05, 0.1) is 37.4 Å².